The molecule has 1 N–H and O–H groups in total. The first kappa shape index (κ1) is 20.3. The molecule has 152 valence electrons. The molecule has 29 heavy (non-hydrogen) atoms. The smallest absolute Gasteiger partial charge is 0.227 e. The number of amides is 1. The number of aromatic nitrogens is 2. The lowest BCUT2D eigenvalue weighted by molar-refractivity contribution is -0.121. The number of rotatable bonds is 8. The minimum Gasteiger partial charge on any atom is -0.497 e. The number of methoxy groups -OCH3 is 2. The number of nitrogens with one attached hydrogen (secondary N) is 1. The summed E-state index contributed by atoms with van der Waals surface area (Å²) < 4.78 is 28.8. The fraction of sp³-hybridized carbons (Fsp3) is 0.286. The molecule has 0 aliphatic heterocycles. The van der Waals surface area contributed by atoms with Crippen LogP contribution in [-0.4, -0.2) is 30.3 Å². The van der Waals surface area contributed by atoms with Gasteiger partial charge in [0.2, 0.25) is 17.6 Å². The van der Waals surface area contributed by atoms with Gasteiger partial charge in [-0.25, -0.2) is 4.39 Å². The lowest BCUT2D eigenvalue weighted by Gasteiger charge is -2.18. The number of benzene rings is 2. The Hall–Kier alpha value is -3.42. The third-order valence-corrected chi connectivity index (χ3v) is 4.42. The van der Waals surface area contributed by atoms with E-state index in [1.807, 2.05) is 13.0 Å². The van der Waals surface area contributed by atoms with Crippen molar-refractivity contribution in [2.75, 3.05) is 14.2 Å². The van der Waals surface area contributed by atoms with Crippen molar-refractivity contribution in [3.63, 3.8) is 0 Å². The largest absolute Gasteiger partial charge is 0.497 e. The molecule has 2 aromatic carbocycles. The fourth-order valence-corrected chi connectivity index (χ4v) is 2.86. The molecule has 0 aliphatic carbocycles. The van der Waals surface area contributed by atoms with Gasteiger partial charge in [0.25, 0.3) is 0 Å². The molecule has 0 aliphatic rings. The molecule has 1 amide bonds. The third-order valence-electron chi connectivity index (χ3n) is 4.42. The first-order valence-corrected chi connectivity index (χ1v) is 9.10. The summed E-state index contributed by atoms with van der Waals surface area (Å²) in [5.74, 6) is 1.54. The molecule has 1 heterocycles. The zero-order valence-electron chi connectivity index (χ0n) is 16.4. The number of halogens is 1. The van der Waals surface area contributed by atoms with E-state index in [0.29, 0.717) is 35.2 Å². The molecule has 0 radical (unpaired) electrons. The van der Waals surface area contributed by atoms with Crippen LogP contribution in [0.3, 0.4) is 0 Å². The summed E-state index contributed by atoms with van der Waals surface area (Å²) in [5, 5.41) is 6.80. The van der Waals surface area contributed by atoms with Crippen LogP contribution in [0.2, 0.25) is 0 Å². The molecule has 7 nitrogen and oxygen atoms in total. The summed E-state index contributed by atoms with van der Waals surface area (Å²) >= 11 is 0. The van der Waals surface area contributed by atoms with Crippen molar-refractivity contribution >= 4 is 5.91 Å². The van der Waals surface area contributed by atoms with E-state index in [4.69, 9.17) is 14.0 Å². The molecule has 0 fully saturated rings. The van der Waals surface area contributed by atoms with Crippen LogP contribution in [-0.2, 0) is 11.2 Å². The molecule has 0 saturated heterocycles. The molecule has 0 spiro atoms. The van der Waals surface area contributed by atoms with Gasteiger partial charge in [-0.1, -0.05) is 5.16 Å². The van der Waals surface area contributed by atoms with E-state index in [1.165, 1.54) is 12.1 Å². The normalized spacial score (nSPS) is 11.7. The second kappa shape index (κ2) is 9.18. The molecule has 8 heteroatoms. The van der Waals surface area contributed by atoms with Crippen molar-refractivity contribution in [2.24, 2.45) is 0 Å². The summed E-state index contributed by atoms with van der Waals surface area (Å²) in [6.45, 7) is 1.87. The van der Waals surface area contributed by atoms with Gasteiger partial charge >= 0.3 is 0 Å². The first-order valence-electron chi connectivity index (χ1n) is 9.10. The second-order valence-electron chi connectivity index (χ2n) is 6.42. The van der Waals surface area contributed by atoms with Crippen molar-refractivity contribution in [3.8, 4) is 22.9 Å². The van der Waals surface area contributed by atoms with E-state index in [0.717, 1.165) is 5.56 Å². The van der Waals surface area contributed by atoms with Gasteiger partial charge in [0.15, 0.2) is 0 Å². The van der Waals surface area contributed by atoms with E-state index < -0.39 is 0 Å². The molecule has 0 unspecified atom stereocenters. The van der Waals surface area contributed by atoms with E-state index in [-0.39, 0.29) is 24.2 Å². The average molecular weight is 399 g/mol. The highest BCUT2D eigenvalue weighted by atomic mass is 19.1. The van der Waals surface area contributed by atoms with Gasteiger partial charge in [-0.3, -0.25) is 4.79 Å². The Morgan fingerprint density at radius 3 is 2.62 bits per heavy atom. The van der Waals surface area contributed by atoms with Gasteiger partial charge in [-0.05, 0) is 49.4 Å². The van der Waals surface area contributed by atoms with Crippen LogP contribution in [0.25, 0.3) is 11.4 Å². The molecule has 0 saturated carbocycles. The monoisotopic (exact) mass is 399 g/mol. The van der Waals surface area contributed by atoms with E-state index >= 15 is 0 Å². The number of ether oxygens (including phenoxy) is 2. The summed E-state index contributed by atoms with van der Waals surface area (Å²) in [5.41, 5.74) is 1.46. The van der Waals surface area contributed by atoms with Crippen molar-refractivity contribution in [2.45, 2.75) is 25.8 Å². The van der Waals surface area contributed by atoms with Crippen molar-refractivity contribution in [1.82, 2.24) is 15.5 Å². The number of hydrogen-bond acceptors (Lipinski definition) is 6. The molecule has 1 atom stereocenters. The summed E-state index contributed by atoms with van der Waals surface area (Å²) in [6, 6.07) is 10.9. The van der Waals surface area contributed by atoms with Crippen LogP contribution in [0.5, 0.6) is 11.5 Å². The number of hydrogen-bond donors (Lipinski definition) is 1. The van der Waals surface area contributed by atoms with Gasteiger partial charge in [0.05, 0.1) is 20.3 Å². The lowest BCUT2D eigenvalue weighted by Crippen LogP contribution is -2.27. The third kappa shape index (κ3) is 5.10. The summed E-state index contributed by atoms with van der Waals surface area (Å²) in [4.78, 5) is 16.6. The fourth-order valence-electron chi connectivity index (χ4n) is 2.86. The van der Waals surface area contributed by atoms with Crippen LogP contribution in [0.1, 0.15) is 30.8 Å². The van der Waals surface area contributed by atoms with Gasteiger partial charge in [0.1, 0.15) is 17.3 Å². The van der Waals surface area contributed by atoms with Crippen LogP contribution < -0.4 is 14.8 Å². The molecule has 3 aromatic rings. The highest BCUT2D eigenvalue weighted by Gasteiger charge is 2.16. The summed E-state index contributed by atoms with van der Waals surface area (Å²) in [6.07, 6.45) is 0.476. The number of carbonyl (C=O) groups is 1. The standard InChI is InChI=1S/C21H22FN3O4/c1-13(17-12-16(27-2)8-9-18(17)28-3)23-19(26)10-11-20-24-21(25-29-20)14-4-6-15(22)7-5-14/h4-9,12-13H,10-11H2,1-3H3,(H,23,26)/t13-/m0/s1. The quantitative estimate of drug-likeness (QED) is 0.622. The molecular weight excluding hydrogens is 377 g/mol. The first-order chi connectivity index (χ1) is 14.0. The Bertz CT molecular complexity index is 972. The molecule has 3 rings (SSSR count). The van der Waals surface area contributed by atoms with Gasteiger partial charge in [0, 0.05) is 24.0 Å². The maximum absolute atomic E-state index is 13.0. The molecular formula is C21H22FN3O4. The Balaban J connectivity index is 1.58. The average Bonchev–Trinajstić information content (AvgIpc) is 3.21. The Labute approximate surface area is 167 Å². The van der Waals surface area contributed by atoms with Crippen LogP contribution in [0.15, 0.2) is 47.0 Å². The van der Waals surface area contributed by atoms with E-state index in [9.17, 15) is 9.18 Å². The maximum Gasteiger partial charge on any atom is 0.227 e. The van der Waals surface area contributed by atoms with Gasteiger partial charge in [-0.15, -0.1) is 0 Å². The second-order valence-corrected chi connectivity index (χ2v) is 6.42. The van der Waals surface area contributed by atoms with E-state index in [2.05, 4.69) is 15.5 Å². The van der Waals surface area contributed by atoms with Crippen LogP contribution in [0, 0.1) is 5.82 Å². The number of carbonyl (C=O) groups excluding carboxylic acids is 1. The van der Waals surface area contributed by atoms with Crippen molar-refractivity contribution in [3.05, 3.63) is 59.7 Å². The van der Waals surface area contributed by atoms with Gasteiger partial charge in [-0.2, -0.15) is 4.98 Å². The molecule has 0 bridgehead atoms. The molecule has 1 aromatic heterocycles. The topological polar surface area (TPSA) is 86.5 Å². The summed E-state index contributed by atoms with van der Waals surface area (Å²) in [7, 11) is 3.16. The minimum absolute atomic E-state index is 0.163. The minimum atomic E-state index is -0.337. The Morgan fingerprint density at radius 1 is 1.17 bits per heavy atom. The number of nitrogens with zero attached hydrogens (tertiary/aromatic N) is 2. The number of aryl methyl sites for hydroxylation is 1. The lowest BCUT2D eigenvalue weighted by atomic mass is 10.1. The Kier molecular flexibility index (Phi) is 6.43. The Morgan fingerprint density at radius 2 is 1.93 bits per heavy atom. The highest BCUT2D eigenvalue weighted by molar-refractivity contribution is 5.76. The highest BCUT2D eigenvalue weighted by Crippen LogP contribution is 2.29. The predicted molar refractivity (Wildman–Crippen MR) is 104 cm³/mol. The SMILES string of the molecule is COc1ccc(OC)c([C@H](C)NC(=O)CCc2nc(-c3ccc(F)cc3)no2)c1. The zero-order chi connectivity index (χ0) is 20.8. The zero-order valence-corrected chi connectivity index (χ0v) is 16.4. The van der Waals surface area contributed by atoms with Gasteiger partial charge < -0.3 is 19.3 Å². The van der Waals surface area contributed by atoms with Crippen LogP contribution in [0.4, 0.5) is 4.39 Å². The van der Waals surface area contributed by atoms with Crippen molar-refractivity contribution < 1.29 is 23.2 Å². The van der Waals surface area contributed by atoms with Crippen molar-refractivity contribution in [1.29, 1.82) is 0 Å². The predicted octanol–water partition coefficient (Wildman–Crippen LogP) is 3.70. The van der Waals surface area contributed by atoms with E-state index in [1.54, 1.807) is 38.5 Å². The van der Waals surface area contributed by atoms with Crippen LogP contribution >= 0.6 is 0 Å². The maximum atomic E-state index is 13.0.